The van der Waals surface area contributed by atoms with Gasteiger partial charge in [-0.05, 0) is 24.3 Å². The Labute approximate surface area is 92.9 Å². The van der Waals surface area contributed by atoms with E-state index in [9.17, 15) is 4.79 Å². The van der Waals surface area contributed by atoms with E-state index < -0.39 is 0 Å². The van der Waals surface area contributed by atoms with Crippen LogP contribution in [0.2, 0.25) is 0 Å². The molecule has 0 N–H and O–H groups in total. The van der Waals surface area contributed by atoms with Crippen LogP contribution < -0.4 is 4.74 Å². The molecule has 0 aliphatic carbocycles. The Kier molecular flexibility index (Phi) is 2.91. The second kappa shape index (κ2) is 4.53. The molecule has 0 bridgehead atoms. The van der Waals surface area contributed by atoms with Crippen molar-refractivity contribution in [3.63, 3.8) is 0 Å². The Morgan fingerprint density at radius 3 is 2.75 bits per heavy atom. The van der Waals surface area contributed by atoms with Crippen molar-refractivity contribution in [1.29, 1.82) is 0 Å². The highest BCUT2D eigenvalue weighted by atomic mass is 16.5. The van der Waals surface area contributed by atoms with Gasteiger partial charge in [-0.15, -0.1) is 0 Å². The minimum absolute atomic E-state index is 0.141. The van der Waals surface area contributed by atoms with Crippen LogP contribution in [0.3, 0.4) is 0 Å². The molecule has 0 aromatic carbocycles. The standard InChI is InChI=1S/C12H10N2O2/c1-16-12-10(5-3-7-14-12)11(15)9-4-2-6-13-8-9/h2-8H,1H3. The fraction of sp³-hybridized carbons (Fsp3) is 0.0833. The van der Waals surface area contributed by atoms with Crippen molar-refractivity contribution in [1.82, 2.24) is 9.97 Å². The van der Waals surface area contributed by atoms with Crippen molar-refractivity contribution in [2.75, 3.05) is 7.11 Å². The van der Waals surface area contributed by atoms with Gasteiger partial charge in [0.25, 0.3) is 0 Å². The number of pyridine rings is 2. The number of carbonyl (C=O) groups is 1. The monoisotopic (exact) mass is 214 g/mol. The summed E-state index contributed by atoms with van der Waals surface area (Å²) in [4.78, 5) is 20.0. The molecule has 2 aromatic heterocycles. The van der Waals surface area contributed by atoms with Crippen molar-refractivity contribution in [2.24, 2.45) is 0 Å². The van der Waals surface area contributed by atoms with Crippen LogP contribution in [0.15, 0.2) is 42.9 Å². The van der Waals surface area contributed by atoms with E-state index in [1.54, 1.807) is 36.7 Å². The highest BCUT2D eigenvalue weighted by molar-refractivity contribution is 6.10. The van der Waals surface area contributed by atoms with Gasteiger partial charge in [-0.3, -0.25) is 9.78 Å². The molecule has 80 valence electrons. The largest absolute Gasteiger partial charge is 0.480 e. The molecule has 0 spiro atoms. The molecule has 0 fully saturated rings. The number of carbonyl (C=O) groups excluding carboxylic acids is 1. The number of hydrogen-bond donors (Lipinski definition) is 0. The minimum Gasteiger partial charge on any atom is -0.480 e. The van der Waals surface area contributed by atoms with Gasteiger partial charge in [0.2, 0.25) is 5.88 Å². The zero-order valence-electron chi connectivity index (χ0n) is 8.75. The van der Waals surface area contributed by atoms with Gasteiger partial charge in [0, 0.05) is 24.2 Å². The summed E-state index contributed by atoms with van der Waals surface area (Å²) >= 11 is 0. The Balaban J connectivity index is 2.42. The zero-order chi connectivity index (χ0) is 11.4. The van der Waals surface area contributed by atoms with Crippen molar-refractivity contribution >= 4 is 5.78 Å². The molecule has 4 nitrogen and oxygen atoms in total. The third-order valence-electron chi connectivity index (χ3n) is 2.13. The van der Waals surface area contributed by atoms with Gasteiger partial charge in [-0.25, -0.2) is 4.98 Å². The van der Waals surface area contributed by atoms with Crippen molar-refractivity contribution < 1.29 is 9.53 Å². The van der Waals surface area contributed by atoms with Gasteiger partial charge in [-0.1, -0.05) is 0 Å². The summed E-state index contributed by atoms with van der Waals surface area (Å²) in [5, 5.41) is 0. The van der Waals surface area contributed by atoms with Crippen LogP contribution in [0, 0.1) is 0 Å². The predicted molar refractivity (Wildman–Crippen MR) is 58.5 cm³/mol. The van der Waals surface area contributed by atoms with Crippen LogP contribution in [-0.4, -0.2) is 22.9 Å². The molecule has 2 aromatic rings. The van der Waals surface area contributed by atoms with E-state index in [2.05, 4.69) is 9.97 Å². The molecular weight excluding hydrogens is 204 g/mol. The number of hydrogen-bond acceptors (Lipinski definition) is 4. The topological polar surface area (TPSA) is 52.1 Å². The van der Waals surface area contributed by atoms with Gasteiger partial charge in [-0.2, -0.15) is 0 Å². The average Bonchev–Trinajstić information content (AvgIpc) is 2.39. The number of rotatable bonds is 3. The van der Waals surface area contributed by atoms with Crippen LogP contribution in [-0.2, 0) is 0 Å². The first kappa shape index (κ1) is 10.3. The van der Waals surface area contributed by atoms with Crippen LogP contribution in [0.25, 0.3) is 0 Å². The lowest BCUT2D eigenvalue weighted by Gasteiger charge is -2.05. The Hall–Kier alpha value is -2.23. The van der Waals surface area contributed by atoms with Gasteiger partial charge < -0.3 is 4.74 Å². The van der Waals surface area contributed by atoms with Crippen LogP contribution in [0.1, 0.15) is 15.9 Å². The first-order chi connectivity index (χ1) is 7.83. The number of nitrogens with zero attached hydrogens (tertiary/aromatic N) is 2. The number of aromatic nitrogens is 2. The number of methoxy groups -OCH3 is 1. The first-order valence-electron chi connectivity index (χ1n) is 4.76. The lowest BCUT2D eigenvalue weighted by atomic mass is 10.1. The zero-order valence-corrected chi connectivity index (χ0v) is 8.75. The van der Waals surface area contributed by atoms with E-state index >= 15 is 0 Å². The van der Waals surface area contributed by atoms with E-state index in [0.717, 1.165) is 0 Å². The third kappa shape index (κ3) is 1.91. The summed E-state index contributed by atoms with van der Waals surface area (Å²) < 4.78 is 5.04. The summed E-state index contributed by atoms with van der Waals surface area (Å²) in [6.07, 6.45) is 4.73. The Bertz CT molecular complexity index is 497. The molecule has 16 heavy (non-hydrogen) atoms. The van der Waals surface area contributed by atoms with Gasteiger partial charge in [0.05, 0.1) is 12.7 Å². The second-order valence-corrected chi connectivity index (χ2v) is 3.13. The summed E-state index contributed by atoms with van der Waals surface area (Å²) in [6.45, 7) is 0. The van der Waals surface area contributed by atoms with Gasteiger partial charge in [0.15, 0.2) is 5.78 Å². The summed E-state index contributed by atoms with van der Waals surface area (Å²) in [5.74, 6) is 0.189. The number of ketones is 1. The highest BCUT2D eigenvalue weighted by Gasteiger charge is 2.14. The lowest BCUT2D eigenvalue weighted by Crippen LogP contribution is -2.05. The minimum atomic E-state index is -0.141. The maximum absolute atomic E-state index is 12.1. The number of ether oxygens (including phenoxy) is 1. The van der Waals surface area contributed by atoms with Gasteiger partial charge in [0.1, 0.15) is 0 Å². The second-order valence-electron chi connectivity index (χ2n) is 3.13. The molecule has 0 saturated carbocycles. The van der Waals surface area contributed by atoms with Crippen LogP contribution in [0.4, 0.5) is 0 Å². The average molecular weight is 214 g/mol. The maximum Gasteiger partial charge on any atom is 0.224 e. The molecule has 0 atom stereocenters. The summed E-state index contributed by atoms with van der Waals surface area (Å²) in [6, 6.07) is 6.81. The van der Waals surface area contributed by atoms with Crippen molar-refractivity contribution in [2.45, 2.75) is 0 Å². The molecule has 4 heteroatoms. The lowest BCUT2D eigenvalue weighted by molar-refractivity contribution is 0.103. The Morgan fingerprint density at radius 1 is 1.25 bits per heavy atom. The molecule has 0 amide bonds. The third-order valence-corrected chi connectivity index (χ3v) is 2.13. The summed E-state index contributed by atoms with van der Waals surface area (Å²) in [5.41, 5.74) is 0.965. The quantitative estimate of drug-likeness (QED) is 0.730. The molecule has 0 unspecified atom stereocenters. The molecule has 0 aliphatic heterocycles. The molecule has 0 saturated heterocycles. The first-order valence-corrected chi connectivity index (χ1v) is 4.76. The predicted octanol–water partition coefficient (Wildman–Crippen LogP) is 1.72. The normalized spacial score (nSPS) is 9.81. The Morgan fingerprint density at radius 2 is 2.06 bits per heavy atom. The molecular formula is C12H10N2O2. The van der Waals surface area contributed by atoms with E-state index in [-0.39, 0.29) is 5.78 Å². The maximum atomic E-state index is 12.1. The van der Waals surface area contributed by atoms with Crippen LogP contribution >= 0.6 is 0 Å². The van der Waals surface area contributed by atoms with E-state index in [1.807, 2.05) is 0 Å². The van der Waals surface area contributed by atoms with E-state index in [4.69, 9.17) is 4.74 Å². The fourth-order valence-electron chi connectivity index (χ4n) is 1.38. The van der Waals surface area contributed by atoms with E-state index in [0.29, 0.717) is 17.0 Å². The summed E-state index contributed by atoms with van der Waals surface area (Å²) in [7, 11) is 1.49. The van der Waals surface area contributed by atoms with E-state index in [1.165, 1.54) is 13.3 Å². The molecule has 2 heterocycles. The fourth-order valence-corrected chi connectivity index (χ4v) is 1.38. The van der Waals surface area contributed by atoms with Crippen molar-refractivity contribution in [3.05, 3.63) is 54.0 Å². The molecule has 0 aliphatic rings. The smallest absolute Gasteiger partial charge is 0.224 e. The molecule has 2 rings (SSSR count). The van der Waals surface area contributed by atoms with Gasteiger partial charge >= 0.3 is 0 Å². The van der Waals surface area contributed by atoms with Crippen molar-refractivity contribution in [3.8, 4) is 5.88 Å². The SMILES string of the molecule is COc1ncccc1C(=O)c1cccnc1. The highest BCUT2D eigenvalue weighted by Crippen LogP contribution is 2.17. The van der Waals surface area contributed by atoms with Crippen LogP contribution in [0.5, 0.6) is 5.88 Å². The molecule has 0 radical (unpaired) electrons.